The van der Waals surface area contributed by atoms with Crippen LogP contribution in [-0.4, -0.2) is 109 Å². The molecule has 2 aromatic rings. The predicted octanol–water partition coefficient (Wildman–Crippen LogP) is 3.31. The average molecular weight is 537 g/mol. The van der Waals surface area contributed by atoms with E-state index in [9.17, 15) is 4.79 Å². The molecule has 0 aromatic carbocycles. The first kappa shape index (κ1) is 26.3. The summed E-state index contributed by atoms with van der Waals surface area (Å²) in [4.78, 5) is 24.0. The van der Waals surface area contributed by atoms with Gasteiger partial charge in [0.25, 0.3) is 0 Å². The van der Waals surface area contributed by atoms with Crippen LogP contribution in [0, 0.1) is 5.92 Å². The molecule has 10 nitrogen and oxygen atoms in total. The number of allylic oxidation sites excluding steroid dienone is 1. The first-order valence-electron chi connectivity index (χ1n) is 14.3. The minimum Gasteiger partial charge on any atom is -0.441 e. The van der Waals surface area contributed by atoms with E-state index >= 15 is 0 Å². The zero-order chi connectivity index (χ0) is 27.0. The Morgan fingerprint density at radius 1 is 1.13 bits per heavy atom. The lowest BCUT2D eigenvalue weighted by atomic mass is 9.77. The van der Waals surface area contributed by atoms with Crippen molar-refractivity contribution < 1.29 is 19.0 Å². The van der Waals surface area contributed by atoms with Gasteiger partial charge in [0.2, 0.25) is 0 Å². The minimum atomic E-state index is -0.242. The Labute approximate surface area is 230 Å². The Hall–Kier alpha value is -2.95. The number of aliphatic imine (C=N–C) groups is 1. The van der Waals surface area contributed by atoms with E-state index in [1.165, 1.54) is 0 Å². The molecule has 3 fully saturated rings. The van der Waals surface area contributed by atoms with Gasteiger partial charge in [-0.25, -0.2) is 9.31 Å². The molecule has 10 heteroatoms. The highest BCUT2D eigenvalue weighted by Gasteiger charge is 2.41. The number of fused-ring (bicyclic) bond motifs is 1. The van der Waals surface area contributed by atoms with Gasteiger partial charge in [0.15, 0.2) is 6.10 Å². The number of hydrogen-bond donors (Lipinski definition) is 0. The van der Waals surface area contributed by atoms with Crippen molar-refractivity contribution in [3.63, 3.8) is 0 Å². The van der Waals surface area contributed by atoms with Crippen LogP contribution in [0.3, 0.4) is 0 Å². The van der Waals surface area contributed by atoms with E-state index in [1.807, 2.05) is 17.8 Å². The molecule has 0 aliphatic carbocycles. The van der Waals surface area contributed by atoms with Crippen molar-refractivity contribution in [2.24, 2.45) is 10.9 Å². The van der Waals surface area contributed by atoms with E-state index in [1.54, 1.807) is 4.90 Å². The standard InChI is InChI=1S/C29H40N6O4/c1-21(2)32-10-7-29(37-3,8-11-32)23-4-5-25(30-17-23)22-16-27-26(6-9-31-35(27)18-22)33-12-14-34(15-13-33)28(36)39-24-19-38-20-24/h5-6,9,16-18,21,23-24H,4,7-8,10-15,19-20H2,1-3H3. The molecule has 6 heterocycles. The van der Waals surface area contributed by atoms with E-state index in [4.69, 9.17) is 19.2 Å². The van der Waals surface area contributed by atoms with Crippen molar-refractivity contribution >= 4 is 29.2 Å². The number of aromatic nitrogens is 2. The first-order valence-corrected chi connectivity index (χ1v) is 14.3. The molecular formula is C29H40N6O4. The van der Waals surface area contributed by atoms with Crippen molar-refractivity contribution in [1.29, 1.82) is 0 Å². The van der Waals surface area contributed by atoms with Crippen LogP contribution in [-0.2, 0) is 14.2 Å². The highest BCUT2D eigenvalue weighted by Crippen LogP contribution is 2.38. The second-order valence-corrected chi connectivity index (χ2v) is 11.4. The van der Waals surface area contributed by atoms with Crippen molar-refractivity contribution in [3.8, 4) is 0 Å². The number of rotatable bonds is 6. The predicted molar refractivity (Wildman–Crippen MR) is 150 cm³/mol. The summed E-state index contributed by atoms with van der Waals surface area (Å²) in [6.07, 6.45) is 10.9. The number of amides is 1. The second-order valence-electron chi connectivity index (χ2n) is 11.4. The molecule has 4 aliphatic rings. The van der Waals surface area contributed by atoms with Crippen LogP contribution in [0.4, 0.5) is 10.5 Å². The van der Waals surface area contributed by atoms with Gasteiger partial charge in [-0.15, -0.1) is 0 Å². The summed E-state index contributed by atoms with van der Waals surface area (Å²) in [6.45, 7) is 10.4. The Balaban J connectivity index is 1.12. The maximum absolute atomic E-state index is 12.4. The number of likely N-dealkylation sites (tertiary alicyclic amines) is 1. The van der Waals surface area contributed by atoms with Gasteiger partial charge in [0.05, 0.1) is 35.7 Å². The molecule has 4 aliphatic heterocycles. The number of anilines is 1. The molecule has 0 radical (unpaired) electrons. The summed E-state index contributed by atoms with van der Waals surface area (Å²) >= 11 is 0. The van der Waals surface area contributed by atoms with Crippen molar-refractivity contribution in [3.05, 3.63) is 36.2 Å². The Morgan fingerprint density at radius 2 is 1.90 bits per heavy atom. The molecule has 0 spiro atoms. The number of carbonyl (C=O) groups excluding carboxylic acids is 1. The number of piperazine rings is 1. The van der Waals surface area contributed by atoms with E-state index in [-0.39, 0.29) is 23.7 Å². The van der Waals surface area contributed by atoms with Crippen molar-refractivity contribution in [1.82, 2.24) is 19.4 Å². The molecule has 2 aromatic heterocycles. The van der Waals surface area contributed by atoms with Crippen LogP contribution in [0.2, 0.25) is 0 Å². The zero-order valence-corrected chi connectivity index (χ0v) is 23.3. The van der Waals surface area contributed by atoms with Gasteiger partial charge in [0, 0.05) is 82.5 Å². The molecule has 1 unspecified atom stereocenters. The van der Waals surface area contributed by atoms with Crippen LogP contribution >= 0.6 is 0 Å². The smallest absolute Gasteiger partial charge is 0.410 e. The summed E-state index contributed by atoms with van der Waals surface area (Å²) in [6, 6.07) is 4.80. The fourth-order valence-corrected chi connectivity index (χ4v) is 6.25. The summed E-state index contributed by atoms with van der Waals surface area (Å²) in [7, 11) is 1.86. The van der Waals surface area contributed by atoms with Gasteiger partial charge in [-0.2, -0.15) is 5.10 Å². The van der Waals surface area contributed by atoms with Crippen LogP contribution in [0.25, 0.3) is 11.2 Å². The highest BCUT2D eigenvalue weighted by atomic mass is 16.6. The van der Waals surface area contributed by atoms with Gasteiger partial charge >= 0.3 is 6.09 Å². The van der Waals surface area contributed by atoms with Gasteiger partial charge in [-0.05, 0) is 45.2 Å². The quantitative estimate of drug-likeness (QED) is 0.560. The van der Waals surface area contributed by atoms with Gasteiger partial charge in [0.1, 0.15) is 0 Å². The lowest BCUT2D eigenvalue weighted by molar-refractivity contribution is -0.104. The minimum absolute atomic E-state index is 0.0977. The summed E-state index contributed by atoms with van der Waals surface area (Å²) in [5.41, 5.74) is 4.07. The molecule has 3 saturated heterocycles. The second kappa shape index (κ2) is 10.9. The van der Waals surface area contributed by atoms with Crippen molar-refractivity contribution in [2.75, 3.05) is 64.5 Å². The number of methoxy groups -OCH3 is 1. The Morgan fingerprint density at radius 3 is 2.51 bits per heavy atom. The molecule has 210 valence electrons. The van der Waals surface area contributed by atoms with Crippen LogP contribution < -0.4 is 4.90 Å². The molecule has 0 saturated carbocycles. The van der Waals surface area contributed by atoms with E-state index in [0.717, 1.165) is 67.9 Å². The fourth-order valence-electron chi connectivity index (χ4n) is 6.25. The largest absolute Gasteiger partial charge is 0.441 e. The van der Waals surface area contributed by atoms with E-state index in [2.05, 4.69) is 59.4 Å². The summed E-state index contributed by atoms with van der Waals surface area (Å²) in [5, 5.41) is 4.57. The number of nitrogens with zero attached hydrogens (tertiary/aromatic N) is 6. The van der Waals surface area contributed by atoms with E-state index in [0.29, 0.717) is 32.3 Å². The topological polar surface area (TPSA) is 84.1 Å². The monoisotopic (exact) mass is 536 g/mol. The van der Waals surface area contributed by atoms with Crippen LogP contribution in [0.1, 0.15) is 38.7 Å². The number of hydrogen-bond acceptors (Lipinski definition) is 8. The molecule has 1 amide bonds. The maximum atomic E-state index is 12.4. The molecule has 39 heavy (non-hydrogen) atoms. The molecule has 1 atom stereocenters. The molecule has 0 N–H and O–H groups in total. The summed E-state index contributed by atoms with van der Waals surface area (Å²) in [5.74, 6) is 0.283. The highest BCUT2D eigenvalue weighted by molar-refractivity contribution is 5.83. The zero-order valence-electron chi connectivity index (χ0n) is 23.3. The third-order valence-electron chi connectivity index (χ3n) is 8.95. The van der Waals surface area contributed by atoms with Crippen molar-refractivity contribution in [2.45, 2.75) is 50.9 Å². The normalized spacial score (nSPS) is 24.2. The first-order chi connectivity index (χ1) is 19.0. The van der Waals surface area contributed by atoms with Gasteiger partial charge < -0.3 is 28.9 Å². The lowest BCUT2D eigenvalue weighted by Crippen LogP contribution is -2.52. The SMILES string of the molecule is COC1(C2C=NC(c3cc4c(N5CCN(C(=O)OC6COC6)CC5)ccnn4c3)=CC2)CCN(C(C)C)CC1. The van der Waals surface area contributed by atoms with Crippen LogP contribution in [0.15, 0.2) is 35.6 Å². The Kier molecular flexibility index (Phi) is 7.35. The molecular weight excluding hydrogens is 496 g/mol. The third-order valence-corrected chi connectivity index (χ3v) is 8.95. The number of carbonyl (C=O) groups is 1. The Bertz CT molecular complexity index is 1240. The third kappa shape index (κ3) is 5.17. The molecule has 6 rings (SSSR count). The summed E-state index contributed by atoms with van der Waals surface area (Å²) < 4.78 is 18.7. The lowest BCUT2D eigenvalue weighted by Gasteiger charge is -2.46. The maximum Gasteiger partial charge on any atom is 0.410 e. The average Bonchev–Trinajstić information content (AvgIpc) is 3.40. The van der Waals surface area contributed by atoms with Crippen LogP contribution in [0.5, 0.6) is 0 Å². The number of piperidine rings is 1. The van der Waals surface area contributed by atoms with E-state index < -0.39 is 0 Å². The van der Waals surface area contributed by atoms with Gasteiger partial charge in [-0.3, -0.25) is 4.99 Å². The number of ether oxygens (including phenoxy) is 3. The van der Waals surface area contributed by atoms with Gasteiger partial charge in [-0.1, -0.05) is 6.08 Å². The fraction of sp³-hybridized carbons (Fsp3) is 0.621. The molecule has 0 bridgehead atoms.